The molecule has 2 heterocycles. The molecule has 0 saturated carbocycles. The van der Waals surface area contributed by atoms with E-state index in [0.717, 1.165) is 4.70 Å². The highest BCUT2D eigenvalue weighted by atomic mass is 32.1. The van der Waals surface area contributed by atoms with E-state index in [2.05, 4.69) is 15.5 Å². The van der Waals surface area contributed by atoms with Crippen LogP contribution >= 0.6 is 11.3 Å². The van der Waals surface area contributed by atoms with Crippen molar-refractivity contribution < 1.29 is 9.45 Å². The molecule has 0 amide bonds. The van der Waals surface area contributed by atoms with Gasteiger partial charge in [0.15, 0.2) is 5.52 Å². The van der Waals surface area contributed by atoms with Crippen molar-refractivity contribution in [3.63, 3.8) is 0 Å². The minimum Gasteiger partial charge on any atom is -0.374 e. The quantitative estimate of drug-likeness (QED) is 0.586. The normalized spacial score (nSPS) is 10.8. The van der Waals surface area contributed by atoms with Gasteiger partial charge in [0.05, 0.1) is 21.7 Å². The fourth-order valence-electron chi connectivity index (χ4n) is 1.93. The number of nitro benzene ring substituents is 1. The molecule has 7 nitrogen and oxygen atoms in total. The Balaban J connectivity index is 1.94. The molecule has 0 aliphatic rings. The summed E-state index contributed by atoms with van der Waals surface area (Å²) in [6, 6.07) is 5.28. The van der Waals surface area contributed by atoms with Gasteiger partial charge < -0.3 is 9.84 Å². The molecule has 3 aromatic rings. The Labute approximate surface area is 117 Å². The Kier molecular flexibility index (Phi) is 3.07. The Bertz CT molecular complexity index is 780. The summed E-state index contributed by atoms with van der Waals surface area (Å²) in [5, 5.41) is 18.1. The molecule has 20 heavy (non-hydrogen) atoms. The fraction of sp³-hybridized carbons (Fsp3) is 0.167. The maximum Gasteiger partial charge on any atom is 0.319 e. The van der Waals surface area contributed by atoms with Crippen molar-refractivity contribution in [2.45, 2.75) is 13.5 Å². The van der Waals surface area contributed by atoms with Crippen molar-refractivity contribution in [3.05, 3.63) is 45.3 Å². The van der Waals surface area contributed by atoms with Crippen molar-refractivity contribution in [2.75, 3.05) is 5.32 Å². The maximum atomic E-state index is 11.2. The SMILES string of the molecule is Cc1cc(CNc2ccc3scnc3c2[N+](=O)[O-])no1. The topological polar surface area (TPSA) is 94.1 Å². The summed E-state index contributed by atoms with van der Waals surface area (Å²) in [5.74, 6) is 0.700. The van der Waals surface area contributed by atoms with E-state index in [9.17, 15) is 10.1 Å². The molecule has 0 unspecified atom stereocenters. The molecule has 0 aliphatic carbocycles. The molecule has 0 saturated heterocycles. The Morgan fingerprint density at radius 1 is 1.50 bits per heavy atom. The second kappa shape index (κ2) is 4.89. The Morgan fingerprint density at radius 2 is 2.35 bits per heavy atom. The molecule has 0 atom stereocenters. The number of anilines is 1. The third kappa shape index (κ3) is 2.21. The van der Waals surface area contributed by atoms with Crippen molar-refractivity contribution in [3.8, 4) is 0 Å². The van der Waals surface area contributed by atoms with Gasteiger partial charge in [0.2, 0.25) is 0 Å². The van der Waals surface area contributed by atoms with Crippen LogP contribution in [-0.4, -0.2) is 15.1 Å². The number of hydrogen-bond donors (Lipinski definition) is 1. The van der Waals surface area contributed by atoms with Crippen LogP contribution < -0.4 is 5.32 Å². The smallest absolute Gasteiger partial charge is 0.319 e. The molecule has 0 bridgehead atoms. The number of nitro groups is 1. The lowest BCUT2D eigenvalue weighted by Crippen LogP contribution is -2.03. The number of rotatable bonds is 4. The van der Waals surface area contributed by atoms with Crippen molar-refractivity contribution in [2.24, 2.45) is 0 Å². The van der Waals surface area contributed by atoms with Gasteiger partial charge in [-0.15, -0.1) is 11.3 Å². The first kappa shape index (κ1) is 12.5. The lowest BCUT2D eigenvalue weighted by Gasteiger charge is -2.05. The second-order valence-corrected chi connectivity index (χ2v) is 5.09. The van der Waals surface area contributed by atoms with Crippen LogP contribution in [0.25, 0.3) is 10.2 Å². The molecular formula is C12H10N4O3S. The van der Waals surface area contributed by atoms with Crippen LogP contribution in [0.5, 0.6) is 0 Å². The first-order chi connectivity index (χ1) is 9.65. The highest BCUT2D eigenvalue weighted by molar-refractivity contribution is 7.16. The molecule has 3 rings (SSSR count). The largest absolute Gasteiger partial charge is 0.374 e. The number of nitrogens with zero attached hydrogens (tertiary/aromatic N) is 3. The van der Waals surface area contributed by atoms with E-state index in [1.165, 1.54) is 11.3 Å². The van der Waals surface area contributed by atoms with Gasteiger partial charge in [-0.1, -0.05) is 5.16 Å². The predicted molar refractivity (Wildman–Crippen MR) is 74.8 cm³/mol. The number of thiazole rings is 1. The fourth-order valence-corrected chi connectivity index (χ4v) is 2.61. The van der Waals surface area contributed by atoms with Gasteiger partial charge in [0.25, 0.3) is 0 Å². The van der Waals surface area contributed by atoms with Crippen molar-refractivity contribution >= 4 is 32.9 Å². The maximum absolute atomic E-state index is 11.2. The lowest BCUT2D eigenvalue weighted by atomic mass is 10.2. The Hall–Kier alpha value is -2.48. The van der Waals surface area contributed by atoms with Gasteiger partial charge in [0.1, 0.15) is 17.1 Å². The third-order valence-electron chi connectivity index (χ3n) is 2.79. The summed E-state index contributed by atoms with van der Waals surface area (Å²) in [7, 11) is 0. The highest BCUT2D eigenvalue weighted by Gasteiger charge is 2.20. The van der Waals surface area contributed by atoms with E-state index in [-0.39, 0.29) is 5.69 Å². The zero-order valence-corrected chi connectivity index (χ0v) is 11.3. The molecule has 0 aliphatic heterocycles. The van der Waals surface area contributed by atoms with E-state index in [0.29, 0.717) is 29.2 Å². The van der Waals surface area contributed by atoms with Crippen LogP contribution in [0.3, 0.4) is 0 Å². The van der Waals surface area contributed by atoms with Crippen LogP contribution in [0.1, 0.15) is 11.5 Å². The first-order valence-electron chi connectivity index (χ1n) is 5.82. The number of aromatic nitrogens is 2. The van der Waals surface area contributed by atoms with E-state index in [1.54, 1.807) is 24.6 Å². The number of benzene rings is 1. The van der Waals surface area contributed by atoms with Crippen LogP contribution in [0, 0.1) is 17.0 Å². The van der Waals surface area contributed by atoms with Gasteiger partial charge in [0, 0.05) is 6.07 Å². The van der Waals surface area contributed by atoms with Crippen LogP contribution in [0.2, 0.25) is 0 Å². The van der Waals surface area contributed by atoms with Crippen LogP contribution in [0.4, 0.5) is 11.4 Å². The third-order valence-corrected chi connectivity index (χ3v) is 3.59. The number of aryl methyl sites for hydroxylation is 1. The zero-order valence-electron chi connectivity index (χ0n) is 10.5. The molecule has 2 aromatic heterocycles. The van der Waals surface area contributed by atoms with Gasteiger partial charge in [-0.05, 0) is 19.1 Å². The minimum atomic E-state index is -0.418. The second-order valence-electron chi connectivity index (χ2n) is 4.20. The minimum absolute atomic E-state index is 0.0102. The molecule has 1 N–H and O–H groups in total. The van der Waals surface area contributed by atoms with Gasteiger partial charge in [-0.25, -0.2) is 4.98 Å². The first-order valence-corrected chi connectivity index (χ1v) is 6.70. The van der Waals surface area contributed by atoms with Crippen LogP contribution in [0.15, 0.2) is 28.2 Å². The van der Waals surface area contributed by atoms with E-state index >= 15 is 0 Å². The molecule has 1 aromatic carbocycles. The van der Waals surface area contributed by atoms with E-state index in [4.69, 9.17) is 4.52 Å². The summed E-state index contributed by atoms with van der Waals surface area (Å²) in [6.07, 6.45) is 0. The standard InChI is InChI=1S/C12H10N4O3S/c1-7-4-8(15-19-7)5-13-9-2-3-10-11(14-6-20-10)12(9)16(17)18/h2-4,6,13H,5H2,1H3. The molecular weight excluding hydrogens is 280 g/mol. The average molecular weight is 290 g/mol. The summed E-state index contributed by atoms with van der Waals surface area (Å²) < 4.78 is 5.75. The van der Waals surface area contributed by atoms with Gasteiger partial charge in [-0.2, -0.15) is 0 Å². The van der Waals surface area contributed by atoms with Crippen molar-refractivity contribution in [1.29, 1.82) is 0 Å². The summed E-state index contributed by atoms with van der Waals surface area (Å²) in [4.78, 5) is 14.9. The molecule has 0 radical (unpaired) electrons. The van der Waals surface area contributed by atoms with Crippen molar-refractivity contribution in [1.82, 2.24) is 10.1 Å². The highest BCUT2D eigenvalue weighted by Crippen LogP contribution is 2.34. The predicted octanol–water partition coefficient (Wildman–Crippen LogP) is 3.11. The van der Waals surface area contributed by atoms with Crippen LogP contribution in [-0.2, 0) is 6.54 Å². The number of fused-ring (bicyclic) bond motifs is 1. The molecule has 8 heteroatoms. The molecule has 102 valence electrons. The summed E-state index contributed by atoms with van der Waals surface area (Å²) >= 11 is 1.37. The van der Waals surface area contributed by atoms with Gasteiger partial charge in [-0.3, -0.25) is 10.1 Å². The molecule has 0 fully saturated rings. The number of nitrogens with one attached hydrogen (secondary N) is 1. The van der Waals surface area contributed by atoms with E-state index in [1.807, 2.05) is 6.07 Å². The average Bonchev–Trinajstić information content (AvgIpc) is 3.03. The van der Waals surface area contributed by atoms with Gasteiger partial charge >= 0.3 is 5.69 Å². The summed E-state index contributed by atoms with van der Waals surface area (Å²) in [5.41, 5.74) is 3.11. The summed E-state index contributed by atoms with van der Waals surface area (Å²) in [6.45, 7) is 2.15. The molecule has 0 spiro atoms. The monoisotopic (exact) mass is 290 g/mol. The Morgan fingerprint density at radius 3 is 3.05 bits per heavy atom. The zero-order chi connectivity index (χ0) is 14.1. The number of hydrogen-bond acceptors (Lipinski definition) is 7. The van der Waals surface area contributed by atoms with E-state index < -0.39 is 4.92 Å². The lowest BCUT2D eigenvalue weighted by molar-refractivity contribution is -0.382.